The SMILES string of the molecule is O=C(NCc1cc(C#CCO)cs1)c1ccc(=O)oc1. The molecule has 2 rings (SSSR count). The van der Waals surface area contributed by atoms with Gasteiger partial charge in [0.2, 0.25) is 0 Å². The summed E-state index contributed by atoms with van der Waals surface area (Å²) >= 11 is 1.47. The molecule has 102 valence electrons. The summed E-state index contributed by atoms with van der Waals surface area (Å²) in [5, 5.41) is 13.2. The predicted octanol–water partition coefficient (Wildman–Crippen LogP) is 0.975. The molecule has 0 atom stereocenters. The van der Waals surface area contributed by atoms with Crippen LogP contribution in [0.4, 0.5) is 0 Å². The van der Waals surface area contributed by atoms with Crippen LogP contribution in [0.15, 0.2) is 39.1 Å². The number of hydrogen-bond donors (Lipinski definition) is 2. The van der Waals surface area contributed by atoms with Gasteiger partial charge in [-0.15, -0.1) is 11.3 Å². The van der Waals surface area contributed by atoms with Crippen LogP contribution in [0.3, 0.4) is 0 Å². The van der Waals surface area contributed by atoms with E-state index in [9.17, 15) is 9.59 Å². The van der Waals surface area contributed by atoms with E-state index in [1.165, 1.54) is 23.5 Å². The molecule has 6 heteroatoms. The monoisotopic (exact) mass is 289 g/mol. The normalized spacial score (nSPS) is 9.65. The molecule has 5 nitrogen and oxygen atoms in total. The number of thiophene rings is 1. The Morgan fingerprint density at radius 3 is 3.00 bits per heavy atom. The molecule has 0 saturated carbocycles. The Morgan fingerprint density at radius 1 is 1.45 bits per heavy atom. The molecule has 0 aromatic carbocycles. The van der Waals surface area contributed by atoms with E-state index in [1.807, 2.05) is 11.4 Å². The second-order valence-corrected chi connectivity index (χ2v) is 4.78. The maximum absolute atomic E-state index is 11.8. The molecule has 0 aliphatic heterocycles. The van der Waals surface area contributed by atoms with Crippen molar-refractivity contribution in [1.29, 1.82) is 0 Å². The van der Waals surface area contributed by atoms with Gasteiger partial charge in [-0.1, -0.05) is 11.8 Å². The van der Waals surface area contributed by atoms with Crippen molar-refractivity contribution in [3.8, 4) is 11.8 Å². The first-order valence-electron chi connectivity index (χ1n) is 5.73. The lowest BCUT2D eigenvalue weighted by Gasteiger charge is -2.02. The molecular weight excluding hydrogens is 278 g/mol. The van der Waals surface area contributed by atoms with E-state index in [1.54, 1.807) is 0 Å². The van der Waals surface area contributed by atoms with Crippen LogP contribution in [0, 0.1) is 11.8 Å². The largest absolute Gasteiger partial charge is 0.430 e. The van der Waals surface area contributed by atoms with Gasteiger partial charge in [0.05, 0.1) is 12.1 Å². The van der Waals surface area contributed by atoms with Gasteiger partial charge >= 0.3 is 5.63 Å². The summed E-state index contributed by atoms with van der Waals surface area (Å²) in [6.07, 6.45) is 1.13. The van der Waals surface area contributed by atoms with Gasteiger partial charge in [0.15, 0.2) is 0 Å². The smallest absolute Gasteiger partial charge is 0.335 e. The molecule has 20 heavy (non-hydrogen) atoms. The number of rotatable bonds is 3. The van der Waals surface area contributed by atoms with Crippen LogP contribution in [0.25, 0.3) is 0 Å². The first-order chi connectivity index (χ1) is 9.69. The molecule has 0 bridgehead atoms. The molecule has 0 aliphatic rings. The Morgan fingerprint density at radius 2 is 2.30 bits per heavy atom. The Balaban J connectivity index is 1.94. The molecule has 1 amide bonds. The van der Waals surface area contributed by atoms with E-state index in [0.29, 0.717) is 12.1 Å². The Hall–Kier alpha value is -2.36. The van der Waals surface area contributed by atoms with Crippen molar-refractivity contribution in [3.05, 3.63) is 56.3 Å². The molecule has 0 spiro atoms. The van der Waals surface area contributed by atoms with Crippen molar-refractivity contribution >= 4 is 17.2 Å². The minimum atomic E-state index is -0.494. The minimum absolute atomic E-state index is 0.179. The van der Waals surface area contributed by atoms with E-state index >= 15 is 0 Å². The number of carbonyl (C=O) groups excluding carboxylic acids is 1. The van der Waals surface area contributed by atoms with Crippen LogP contribution in [-0.4, -0.2) is 17.6 Å². The summed E-state index contributed by atoms with van der Waals surface area (Å²) in [5.41, 5.74) is 0.604. The highest BCUT2D eigenvalue weighted by Crippen LogP contribution is 2.13. The van der Waals surface area contributed by atoms with Crippen LogP contribution >= 0.6 is 11.3 Å². The third-order valence-electron chi connectivity index (χ3n) is 2.35. The fourth-order valence-electron chi connectivity index (χ4n) is 1.44. The van der Waals surface area contributed by atoms with Gasteiger partial charge in [0.25, 0.3) is 5.91 Å². The average Bonchev–Trinajstić information content (AvgIpc) is 2.91. The van der Waals surface area contributed by atoms with E-state index in [0.717, 1.165) is 16.7 Å². The number of aliphatic hydroxyl groups excluding tert-OH is 1. The van der Waals surface area contributed by atoms with Crippen molar-refractivity contribution in [1.82, 2.24) is 5.32 Å². The minimum Gasteiger partial charge on any atom is -0.430 e. The maximum Gasteiger partial charge on any atom is 0.335 e. The summed E-state index contributed by atoms with van der Waals surface area (Å²) in [7, 11) is 0. The molecule has 2 heterocycles. The molecule has 0 unspecified atom stereocenters. The van der Waals surface area contributed by atoms with Gasteiger partial charge in [-0.05, 0) is 12.1 Å². The Kier molecular flexibility index (Phi) is 4.71. The summed E-state index contributed by atoms with van der Waals surface area (Å²) in [5.74, 6) is 5.03. The van der Waals surface area contributed by atoms with Gasteiger partial charge in [-0.25, -0.2) is 4.79 Å². The zero-order chi connectivity index (χ0) is 14.4. The summed E-state index contributed by atoms with van der Waals surface area (Å²) < 4.78 is 4.62. The number of aliphatic hydroxyl groups is 1. The lowest BCUT2D eigenvalue weighted by molar-refractivity contribution is 0.0949. The molecule has 2 aromatic rings. The predicted molar refractivity (Wildman–Crippen MR) is 74.4 cm³/mol. The highest BCUT2D eigenvalue weighted by molar-refractivity contribution is 7.10. The van der Waals surface area contributed by atoms with Gasteiger partial charge in [-0.2, -0.15) is 0 Å². The summed E-state index contributed by atoms with van der Waals surface area (Å²) in [6, 6.07) is 4.45. The quantitative estimate of drug-likeness (QED) is 0.825. The molecule has 2 aromatic heterocycles. The first-order valence-corrected chi connectivity index (χ1v) is 6.61. The van der Waals surface area contributed by atoms with Gasteiger partial charge in [0, 0.05) is 21.9 Å². The molecular formula is C14H11NO4S. The van der Waals surface area contributed by atoms with Crippen LogP contribution in [0.5, 0.6) is 0 Å². The Bertz CT molecular complexity index is 700. The zero-order valence-electron chi connectivity index (χ0n) is 10.4. The number of amides is 1. The van der Waals surface area contributed by atoms with Crippen molar-refractivity contribution in [2.75, 3.05) is 6.61 Å². The van der Waals surface area contributed by atoms with E-state index in [-0.39, 0.29) is 12.5 Å². The third kappa shape index (κ3) is 3.82. The highest BCUT2D eigenvalue weighted by atomic mass is 32.1. The van der Waals surface area contributed by atoms with Crippen LogP contribution in [-0.2, 0) is 6.54 Å². The topological polar surface area (TPSA) is 79.5 Å². The fourth-order valence-corrected chi connectivity index (χ4v) is 2.19. The Labute approximate surface area is 118 Å². The van der Waals surface area contributed by atoms with E-state index in [2.05, 4.69) is 21.6 Å². The molecule has 0 fully saturated rings. The van der Waals surface area contributed by atoms with Crippen LogP contribution in [0.1, 0.15) is 20.8 Å². The van der Waals surface area contributed by atoms with E-state index in [4.69, 9.17) is 5.11 Å². The van der Waals surface area contributed by atoms with E-state index < -0.39 is 5.63 Å². The second-order valence-electron chi connectivity index (χ2n) is 3.79. The molecule has 0 saturated heterocycles. The van der Waals surface area contributed by atoms with Crippen molar-refractivity contribution < 1.29 is 14.3 Å². The molecule has 0 radical (unpaired) electrons. The van der Waals surface area contributed by atoms with Crippen LogP contribution < -0.4 is 10.9 Å². The zero-order valence-corrected chi connectivity index (χ0v) is 11.2. The average molecular weight is 289 g/mol. The lowest BCUT2D eigenvalue weighted by atomic mass is 10.2. The molecule has 0 aliphatic carbocycles. The highest BCUT2D eigenvalue weighted by Gasteiger charge is 2.06. The van der Waals surface area contributed by atoms with Gasteiger partial charge in [-0.3, -0.25) is 4.79 Å². The van der Waals surface area contributed by atoms with Gasteiger partial charge < -0.3 is 14.8 Å². The van der Waals surface area contributed by atoms with Crippen LogP contribution in [0.2, 0.25) is 0 Å². The van der Waals surface area contributed by atoms with Crippen molar-refractivity contribution in [3.63, 3.8) is 0 Å². The van der Waals surface area contributed by atoms with Crippen molar-refractivity contribution in [2.45, 2.75) is 6.54 Å². The maximum atomic E-state index is 11.8. The van der Waals surface area contributed by atoms with Gasteiger partial charge in [0.1, 0.15) is 12.9 Å². The number of nitrogens with one attached hydrogen (secondary N) is 1. The standard InChI is InChI=1S/C14H11NO4S/c16-5-1-2-10-6-12(20-9-10)7-15-14(18)11-3-4-13(17)19-8-11/h3-4,6,8-9,16H,5,7H2,(H,15,18). The number of hydrogen-bond acceptors (Lipinski definition) is 5. The summed E-state index contributed by atoms with van der Waals surface area (Å²) in [4.78, 5) is 23.5. The molecule has 2 N–H and O–H groups in total. The van der Waals surface area contributed by atoms with Crippen molar-refractivity contribution in [2.24, 2.45) is 0 Å². The number of carbonyl (C=O) groups is 1. The fraction of sp³-hybridized carbons (Fsp3) is 0.143. The second kappa shape index (κ2) is 6.70. The first kappa shape index (κ1) is 14.1. The lowest BCUT2D eigenvalue weighted by Crippen LogP contribution is -2.22. The summed E-state index contributed by atoms with van der Waals surface area (Å²) in [6.45, 7) is 0.185. The third-order valence-corrected chi connectivity index (χ3v) is 3.29.